The summed E-state index contributed by atoms with van der Waals surface area (Å²) in [5.74, 6) is 0.278. The van der Waals surface area contributed by atoms with Crippen molar-refractivity contribution >= 4 is 5.97 Å². The molecule has 0 radical (unpaired) electrons. The molecule has 1 aromatic carbocycles. The van der Waals surface area contributed by atoms with Crippen molar-refractivity contribution in [1.82, 2.24) is 0 Å². The molecule has 150 valence electrons. The summed E-state index contributed by atoms with van der Waals surface area (Å²) in [5.41, 5.74) is 1.30. The van der Waals surface area contributed by atoms with Crippen LogP contribution in [-0.2, 0) is 20.6 Å². The second-order valence-corrected chi connectivity index (χ2v) is 6.77. The lowest BCUT2D eigenvalue weighted by atomic mass is 9.93. The highest BCUT2D eigenvalue weighted by Gasteiger charge is 2.27. The van der Waals surface area contributed by atoms with Gasteiger partial charge in [0.15, 0.2) is 0 Å². The lowest BCUT2D eigenvalue weighted by molar-refractivity contribution is -0.104. The van der Waals surface area contributed by atoms with Crippen molar-refractivity contribution < 1.29 is 28.8 Å². The molecule has 1 aliphatic heterocycles. The molecule has 6 heteroatoms. The number of methoxy groups -OCH3 is 2. The third-order valence-electron chi connectivity index (χ3n) is 4.80. The molecule has 27 heavy (non-hydrogen) atoms. The SMILES string of the molecule is COCO[C@@H]1C[C@H](CCO)OC(=O)c2c(cccc2OC)CC=CC[C@@H]1C. The molecule has 0 aliphatic carbocycles. The number of aliphatic hydroxyl groups excluding tert-OH is 1. The second-order valence-electron chi connectivity index (χ2n) is 6.77. The Morgan fingerprint density at radius 3 is 2.78 bits per heavy atom. The van der Waals surface area contributed by atoms with Crippen molar-refractivity contribution in [2.75, 3.05) is 27.6 Å². The van der Waals surface area contributed by atoms with Crippen molar-refractivity contribution in [2.45, 2.75) is 44.8 Å². The van der Waals surface area contributed by atoms with E-state index in [1.165, 1.54) is 7.11 Å². The molecule has 1 aromatic rings. The number of allylic oxidation sites excluding steroid dienone is 2. The summed E-state index contributed by atoms with van der Waals surface area (Å²) in [6, 6.07) is 5.53. The number of esters is 1. The zero-order valence-corrected chi connectivity index (χ0v) is 16.3. The van der Waals surface area contributed by atoms with Gasteiger partial charge in [0.1, 0.15) is 24.2 Å². The van der Waals surface area contributed by atoms with Gasteiger partial charge in [-0.15, -0.1) is 0 Å². The molecule has 2 rings (SSSR count). The van der Waals surface area contributed by atoms with Gasteiger partial charge in [-0.05, 0) is 30.4 Å². The second kappa shape index (κ2) is 11.1. The summed E-state index contributed by atoms with van der Waals surface area (Å²) in [4.78, 5) is 12.9. The van der Waals surface area contributed by atoms with Crippen LogP contribution in [0.1, 0.15) is 42.1 Å². The highest BCUT2D eigenvalue weighted by molar-refractivity contribution is 5.94. The van der Waals surface area contributed by atoms with E-state index in [9.17, 15) is 9.90 Å². The fourth-order valence-electron chi connectivity index (χ4n) is 3.28. The number of aliphatic hydroxyl groups is 1. The van der Waals surface area contributed by atoms with Crippen LogP contribution in [-0.4, -0.2) is 50.9 Å². The number of carbonyl (C=O) groups is 1. The van der Waals surface area contributed by atoms with Gasteiger partial charge in [-0.2, -0.15) is 0 Å². The Morgan fingerprint density at radius 1 is 1.26 bits per heavy atom. The average Bonchev–Trinajstić information content (AvgIpc) is 2.67. The molecule has 0 fully saturated rings. The van der Waals surface area contributed by atoms with Gasteiger partial charge >= 0.3 is 5.97 Å². The van der Waals surface area contributed by atoms with Gasteiger partial charge < -0.3 is 24.1 Å². The van der Waals surface area contributed by atoms with Gasteiger partial charge in [0.05, 0.1) is 13.2 Å². The minimum absolute atomic E-state index is 0.0675. The molecular formula is C21H30O6. The van der Waals surface area contributed by atoms with E-state index in [0.717, 1.165) is 12.0 Å². The molecular weight excluding hydrogens is 348 g/mol. The number of carbonyl (C=O) groups excluding carboxylic acids is 1. The Bertz CT molecular complexity index is 627. The molecule has 0 unspecified atom stereocenters. The van der Waals surface area contributed by atoms with Crippen LogP contribution in [0.2, 0.25) is 0 Å². The zero-order valence-electron chi connectivity index (χ0n) is 16.3. The van der Waals surface area contributed by atoms with E-state index in [-0.39, 0.29) is 25.4 Å². The number of ether oxygens (including phenoxy) is 4. The first-order valence-electron chi connectivity index (χ1n) is 9.33. The van der Waals surface area contributed by atoms with Crippen LogP contribution >= 0.6 is 0 Å². The number of hydrogen-bond donors (Lipinski definition) is 1. The zero-order chi connectivity index (χ0) is 19.6. The van der Waals surface area contributed by atoms with Crippen molar-refractivity contribution in [2.24, 2.45) is 5.92 Å². The van der Waals surface area contributed by atoms with E-state index in [0.29, 0.717) is 30.6 Å². The maximum atomic E-state index is 12.9. The summed E-state index contributed by atoms with van der Waals surface area (Å²) in [5, 5.41) is 9.42. The number of benzene rings is 1. The Kier molecular flexibility index (Phi) is 8.78. The summed E-state index contributed by atoms with van der Waals surface area (Å²) < 4.78 is 22.0. The van der Waals surface area contributed by atoms with Crippen LogP contribution in [0.4, 0.5) is 0 Å². The highest BCUT2D eigenvalue weighted by atomic mass is 16.7. The minimum atomic E-state index is -0.451. The Hall–Kier alpha value is -1.89. The number of cyclic esters (lactones) is 1. The quantitative estimate of drug-likeness (QED) is 0.466. The van der Waals surface area contributed by atoms with Gasteiger partial charge in [-0.3, -0.25) is 0 Å². The van der Waals surface area contributed by atoms with E-state index in [1.54, 1.807) is 13.2 Å². The monoisotopic (exact) mass is 378 g/mol. The number of rotatable bonds is 6. The molecule has 3 atom stereocenters. The lowest BCUT2D eigenvalue weighted by Gasteiger charge is -2.28. The van der Waals surface area contributed by atoms with Crippen LogP contribution in [0.15, 0.2) is 30.4 Å². The molecule has 1 heterocycles. The summed E-state index contributed by atoms with van der Waals surface area (Å²) in [6.07, 6.45) is 5.88. The highest BCUT2D eigenvalue weighted by Crippen LogP contribution is 2.27. The van der Waals surface area contributed by atoms with Crippen molar-refractivity contribution in [3.63, 3.8) is 0 Å². The van der Waals surface area contributed by atoms with Crippen molar-refractivity contribution in [3.8, 4) is 5.75 Å². The van der Waals surface area contributed by atoms with Crippen LogP contribution in [0.5, 0.6) is 5.75 Å². The molecule has 6 nitrogen and oxygen atoms in total. The third-order valence-corrected chi connectivity index (χ3v) is 4.80. The molecule has 0 amide bonds. The fraction of sp³-hybridized carbons (Fsp3) is 0.571. The van der Waals surface area contributed by atoms with Crippen LogP contribution < -0.4 is 4.74 Å². The van der Waals surface area contributed by atoms with E-state index in [2.05, 4.69) is 19.1 Å². The Morgan fingerprint density at radius 2 is 2.07 bits per heavy atom. The largest absolute Gasteiger partial charge is 0.496 e. The normalized spacial score (nSPS) is 23.7. The number of fused-ring (bicyclic) bond motifs is 1. The fourth-order valence-corrected chi connectivity index (χ4v) is 3.28. The Labute approximate surface area is 161 Å². The molecule has 0 spiro atoms. The predicted molar refractivity (Wildman–Crippen MR) is 102 cm³/mol. The van der Waals surface area contributed by atoms with Gasteiger partial charge in [0.25, 0.3) is 0 Å². The van der Waals surface area contributed by atoms with Crippen LogP contribution in [0.3, 0.4) is 0 Å². The smallest absolute Gasteiger partial charge is 0.342 e. The van der Waals surface area contributed by atoms with Crippen LogP contribution in [0.25, 0.3) is 0 Å². The summed E-state index contributed by atoms with van der Waals surface area (Å²) in [6.45, 7) is 2.21. The lowest BCUT2D eigenvalue weighted by Crippen LogP contribution is -2.31. The molecule has 0 bridgehead atoms. The molecule has 0 aromatic heterocycles. The first kappa shape index (κ1) is 21.4. The standard InChI is InChI=1S/C21H30O6/c1-15-7-4-5-8-16-9-6-10-18(25-3)20(16)21(23)27-17(11-12-22)13-19(15)26-14-24-2/h4-6,9-10,15,17,19,22H,7-8,11-14H2,1-3H3/t15-,17-,19+/m0/s1. The Balaban J connectivity index is 2.34. The number of hydrogen-bond acceptors (Lipinski definition) is 6. The third kappa shape index (κ3) is 6.06. The van der Waals surface area contributed by atoms with Gasteiger partial charge in [-0.1, -0.05) is 31.2 Å². The van der Waals surface area contributed by atoms with E-state index < -0.39 is 12.1 Å². The van der Waals surface area contributed by atoms with E-state index >= 15 is 0 Å². The molecule has 1 aliphatic rings. The molecule has 1 N–H and O–H groups in total. The van der Waals surface area contributed by atoms with Crippen LogP contribution in [0, 0.1) is 5.92 Å². The van der Waals surface area contributed by atoms with Crippen molar-refractivity contribution in [1.29, 1.82) is 0 Å². The minimum Gasteiger partial charge on any atom is -0.496 e. The van der Waals surface area contributed by atoms with Gasteiger partial charge in [0, 0.05) is 26.6 Å². The molecule has 0 saturated heterocycles. The average molecular weight is 378 g/mol. The molecule has 0 saturated carbocycles. The van der Waals surface area contributed by atoms with Gasteiger partial charge in [0.2, 0.25) is 0 Å². The van der Waals surface area contributed by atoms with Crippen molar-refractivity contribution in [3.05, 3.63) is 41.5 Å². The van der Waals surface area contributed by atoms with E-state index in [4.69, 9.17) is 18.9 Å². The summed E-state index contributed by atoms with van der Waals surface area (Å²) >= 11 is 0. The first-order valence-corrected chi connectivity index (χ1v) is 9.33. The van der Waals surface area contributed by atoms with E-state index in [1.807, 2.05) is 12.1 Å². The maximum absolute atomic E-state index is 12.9. The summed E-state index contributed by atoms with van der Waals surface area (Å²) in [7, 11) is 3.12. The van der Waals surface area contributed by atoms with Gasteiger partial charge in [-0.25, -0.2) is 4.79 Å². The maximum Gasteiger partial charge on any atom is 0.342 e. The first-order chi connectivity index (χ1) is 13.1. The predicted octanol–water partition coefficient (Wildman–Crippen LogP) is 3.12. The topological polar surface area (TPSA) is 74.2 Å².